The number of nitrogens with one attached hydrogen (secondary N) is 1. The predicted molar refractivity (Wildman–Crippen MR) is 74.9 cm³/mol. The van der Waals surface area contributed by atoms with Crippen molar-refractivity contribution in [3.05, 3.63) is 28.7 Å². The molecule has 1 saturated carbocycles. The highest BCUT2D eigenvalue weighted by atomic mass is 79.9. The standard InChI is InChI=1S/C13H17BrClNO/c14-11-3-5-12(6-4-11)17-8-7-16-9-13(15)10-1-2-10/h3-6,10,13,16H,1-2,7-9H2. The molecular formula is C13H17BrClNO. The van der Waals surface area contributed by atoms with Crippen LogP contribution < -0.4 is 10.1 Å². The van der Waals surface area contributed by atoms with E-state index in [1.807, 2.05) is 24.3 Å². The smallest absolute Gasteiger partial charge is 0.119 e. The average Bonchev–Trinajstić information content (AvgIpc) is 3.15. The van der Waals surface area contributed by atoms with Gasteiger partial charge in [0.2, 0.25) is 0 Å². The Labute approximate surface area is 116 Å². The van der Waals surface area contributed by atoms with Crippen LogP contribution in [0.15, 0.2) is 28.7 Å². The molecule has 1 N–H and O–H groups in total. The molecule has 2 nitrogen and oxygen atoms in total. The fraction of sp³-hybridized carbons (Fsp3) is 0.538. The van der Waals surface area contributed by atoms with Crippen molar-refractivity contribution in [1.29, 1.82) is 0 Å². The molecule has 1 aliphatic rings. The summed E-state index contributed by atoms with van der Waals surface area (Å²) in [6, 6.07) is 7.87. The number of rotatable bonds is 7. The van der Waals surface area contributed by atoms with Crippen LogP contribution in [0.1, 0.15) is 12.8 Å². The Bertz CT molecular complexity index is 340. The Balaban J connectivity index is 1.55. The van der Waals surface area contributed by atoms with Crippen molar-refractivity contribution in [3.63, 3.8) is 0 Å². The third kappa shape index (κ3) is 4.86. The van der Waals surface area contributed by atoms with E-state index in [-0.39, 0.29) is 0 Å². The Kier molecular flexibility index (Phi) is 5.14. The summed E-state index contributed by atoms with van der Waals surface area (Å²) in [5.41, 5.74) is 0. The summed E-state index contributed by atoms with van der Waals surface area (Å²) in [7, 11) is 0. The number of hydrogen-bond donors (Lipinski definition) is 1. The highest BCUT2D eigenvalue weighted by Crippen LogP contribution is 2.35. The van der Waals surface area contributed by atoms with Crippen LogP contribution in [-0.4, -0.2) is 25.1 Å². The van der Waals surface area contributed by atoms with Crippen LogP contribution in [0.3, 0.4) is 0 Å². The molecule has 0 saturated heterocycles. The summed E-state index contributed by atoms with van der Waals surface area (Å²) < 4.78 is 6.66. The van der Waals surface area contributed by atoms with E-state index < -0.39 is 0 Å². The lowest BCUT2D eigenvalue weighted by Crippen LogP contribution is -2.28. The van der Waals surface area contributed by atoms with Gasteiger partial charge in [0, 0.05) is 22.9 Å². The number of benzene rings is 1. The summed E-state index contributed by atoms with van der Waals surface area (Å²) >= 11 is 9.57. The van der Waals surface area contributed by atoms with Gasteiger partial charge in [0.15, 0.2) is 0 Å². The second kappa shape index (κ2) is 6.62. The maximum Gasteiger partial charge on any atom is 0.119 e. The lowest BCUT2D eigenvalue weighted by molar-refractivity contribution is 0.313. The van der Waals surface area contributed by atoms with Gasteiger partial charge < -0.3 is 10.1 Å². The van der Waals surface area contributed by atoms with Crippen molar-refractivity contribution in [2.75, 3.05) is 19.7 Å². The zero-order valence-electron chi connectivity index (χ0n) is 9.66. The van der Waals surface area contributed by atoms with Gasteiger partial charge in [0.05, 0.1) is 0 Å². The molecule has 0 bridgehead atoms. The fourth-order valence-corrected chi connectivity index (χ4v) is 2.26. The molecule has 1 atom stereocenters. The number of alkyl halides is 1. The van der Waals surface area contributed by atoms with E-state index in [2.05, 4.69) is 21.2 Å². The largest absolute Gasteiger partial charge is 0.492 e. The highest BCUT2D eigenvalue weighted by molar-refractivity contribution is 9.10. The summed E-state index contributed by atoms with van der Waals surface area (Å²) in [5, 5.41) is 3.62. The minimum atomic E-state index is 0.294. The summed E-state index contributed by atoms with van der Waals surface area (Å²) in [4.78, 5) is 0. The normalized spacial score (nSPS) is 16.8. The maximum atomic E-state index is 6.18. The van der Waals surface area contributed by atoms with Crippen molar-refractivity contribution >= 4 is 27.5 Å². The average molecular weight is 319 g/mol. The predicted octanol–water partition coefficient (Wildman–Crippen LogP) is 3.43. The first-order valence-corrected chi connectivity index (χ1v) is 7.22. The van der Waals surface area contributed by atoms with E-state index in [1.165, 1.54) is 12.8 Å². The summed E-state index contributed by atoms with van der Waals surface area (Å²) in [6.45, 7) is 2.40. The zero-order chi connectivity index (χ0) is 12.1. The first-order chi connectivity index (χ1) is 8.25. The Hall–Kier alpha value is -0.250. The van der Waals surface area contributed by atoms with E-state index in [4.69, 9.17) is 16.3 Å². The van der Waals surface area contributed by atoms with Crippen molar-refractivity contribution in [2.24, 2.45) is 5.92 Å². The quantitative estimate of drug-likeness (QED) is 0.614. The van der Waals surface area contributed by atoms with Gasteiger partial charge in [0.1, 0.15) is 12.4 Å². The molecule has 2 rings (SSSR count). The van der Waals surface area contributed by atoms with Gasteiger partial charge in [-0.1, -0.05) is 15.9 Å². The van der Waals surface area contributed by atoms with Gasteiger partial charge in [-0.3, -0.25) is 0 Å². The topological polar surface area (TPSA) is 21.3 Å². The van der Waals surface area contributed by atoms with Gasteiger partial charge in [-0.05, 0) is 43.0 Å². The van der Waals surface area contributed by atoms with E-state index in [0.717, 1.165) is 29.2 Å². The van der Waals surface area contributed by atoms with Crippen LogP contribution >= 0.6 is 27.5 Å². The Morgan fingerprint density at radius 3 is 2.71 bits per heavy atom. The maximum absolute atomic E-state index is 6.18. The van der Waals surface area contributed by atoms with Gasteiger partial charge in [-0.15, -0.1) is 11.6 Å². The molecule has 94 valence electrons. The Morgan fingerprint density at radius 2 is 2.06 bits per heavy atom. The first-order valence-electron chi connectivity index (χ1n) is 5.99. The van der Waals surface area contributed by atoms with Crippen LogP contribution in [0.2, 0.25) is 0 Å². The van der Waals surface area contributed by atoms with Crippen LogP contribution in [0.5, 0.6) is 5.75 Å². The monoisotopic (exact) mass is 317 g/mol. The minimum absolute atomic E-state index is 0.294. The van der Waals surface area contributed by atoms with Gasteiger partial charge in [-0.25, -0.2) is 0 Å². The lowest BCUT2D eigenvalue weighted by atomic mass is 10.3. The number of halogens is 2. The summed E-state index contributed by atoms with van der Waals surface area (Å²) in [6.07, 6.45) is 2.59. The molecule has 0 radical (unpaired) electrons. The molecule has 1 unspecified atom stereocenters. The molecule has 1 aromatic rings. The van der Waals surface area contributed by atoms with Crippen molar-refractivity contribution < 1.29 is 4.74 Å². The SMILES string of the molecule is ClC(CNCCOc1ccc(Br)cc1)C1CC1. The van der Waals surface area contributed by atoms with Crippen molar-refractivity contribution in [3.8, 4) is 5.75 Å². The van der Waals surface area contributed by atoms with Gasteiger partial charge >= 0.3 is 0 Å². The number of ether oxygens (including phenoxy) is 1. The molecule has 0 aliphatic heterocycles. The molecule has 1 fully saturated rings. The van der Waals surface area contributed by atoms with Gasteiger partial charge in [0.25, 0.3) is 0 Å². The zero-order valence-corrected chi connectivity index (χ0v) is 12.0. The second-order valence-electron chi connectivity index (χ2n) is 4.36. The second-order valence-corrected chi connectivity index (χ2v) is 5.84. The molecule has 0 amide bonds. The van der Waals surface area contributed by atoms with E-state index in [1.54, 1.807) is 0 Å². The summed E-state index contributed by atoms with van der Waals surface area (Å²) in [5.74, 6) is 1.65. The molecular weight excluding hydrogens is 302 g/mol. The third-order valence-electron chi connectivity index (χ3n) is 2.83. The van der Waals surface area contributed by atoms with Crippen molar-refractivity contribution in [2.45, 2.75) is 18.2 Å². The van der Waals surface area contributed by atoms with Crippen LogP contribution in [-0.2, 0) is 0 Å². The number of hydrogen-bond acceptors (Lipinski definition) is 2. The molecule has 17 heavy (non-hydrogen) atoms. The van der Waals surface area contributed by atoms with Crippen LogP contribution in [0, 0.1) is 5.92 Å². The molecule has 1 aliphatic carbocycles. The first kappa shape index (κ1) is 13.2. The molecule has 0 heterocycles. The molecule has 0 spiro atoms. The Morgan fingerprint density at radius 1 is 1.35 bits per heavy atom. The molecule has 4 heteroatoms. The molecule has 0 aromatic heterocycles. The van der Waals surface area contributed by atoms with Crippen LogP contribution in [0.4, 0.5) is 0 Å². The van der Waals surface area contributed by atoms with E-state index in [0.29, 0.717) is 12.0 Å². The third-order valence-corrected chi connectivity index (χ3v) is 3.87. The van der Waals surface area contributed by atoms with E-state index in [9.17, 15) is 0 Å². The van der Waals surface area contributed by atoms with E-state index >= 15 is 0 Å². The van der Waals surface area contributed by atoms with Crippen LogP contribution in [0.25, 0.3) is 0 Å². The fourth-order valence-electron chi connectivity index (χ4n) is 1.64. The minimum Gasteiger partial charge on any atom is -0.492 e. The lowest BCUT2D eigenvalue weighted by Gasteiger charge is -2.10. The van der Waals surface area contributed by atoms with Gasteiger partial charge in [-0.2, -0.15) is 0 Å². The molecule has 1 aromatic carbocycles. The van der Waals surface area contributed by atoms with Crippen molar-refractivity contribution in [1.82, 2.24) is 5.32 Å². The highest BCUT2D eigenvalue weighted by Gasteiger charge is 2.28.